The molecule has 0 aliphatic heterocycles. The molecule has 7 nitrogen and oxygen atoms in total. The molecule has 1 amide bonds. The lowest BCUT2D eigenvalue weighted by Gasteiger charge is -2.12. The lowest BCUT2D eigenvalue weighted by atomic mass is 9.99. The van der Waals surface area contributed by atoms with Gasteiger partial charge in [0.1, 0.15) is 11.6 Å². The molecule has 0 fully saturated rings. The standard InChI is InChI=1S/C25H19FN2O5/c1-33-19-12-6-15(7-13-19)22(29)20-21(14-2-8-17(26)9-3-14)28(25(32)23(20)30)18-10-4-16(5-11-18)24(27)31/h2-13,30,32H,1H3,(H2,27,31). The fourth-order valence-electron chi connectivity index (χ4n) is 3.56. The summed E-state index contributed by atoms with van der Waals surface area (Å²) in [6.07, 6.45) is 0. The summed E-state index contributed by atoms with van der Waals surface area (Å²) in [6.45, 7) is 0. The van der Waals surface area contributed by atoms with Gasteiger partial charge >= 0.3 is 0 Å². The minimum Gasteiger partial charge on any atom is -0.503 e. The van der Waals surface area contributed by atoms with Gasteiger partial charge in [0.05, 0.1) is 18.4 Å². The minimum atomic E-state index is -0.630. The number of nitrogens with zero attached hydrogens (tertiary/aromatic N) is 1. The van der Waals surface area contributed by atoms with Gasteiger partial charge in [-0.1, -0.05) is 0 Å². The van der Waals surface area contributed by atoms with Crippen LogP contribution in [0.1, 0.15) is 26.3 Å². The molecule has 0 saturated heterocycles. The van der Waals surface area contributed by atoms with Crippen LogP contribution in [0, 0.1) is 5.82 Å². The van der Waals surface area contributed by atoms with Crippen LogP contribution in [0.25, 0.3) is 16.9 Å². The average Bonchev–Trinajstić information content (AvgIpc) is 3.09. The van der Waals surface area contributed by atoms with Crippen LogP contribution >= 0.6 is 0 Å². The lowest BCUT2D eigenvalue weighted by molar-refractivity contribution is 0.0998. The van der Waals surface area contributed by atoms with E-state index in [0.717, 1.165) is 0 Å². The van der Waals surface area contributed by atoms with Crippen molar-refractivity contribution < 1.29 is 28.9 Å². The number of ketones is 1. The SMILES string of the molecule is COc1ccc(C(=O)c2c(O)c(O)n(-c3ccc(C(N)=O)cc3)c2-c2ccc(F)cc2)cc1. The number of amides is 1. The van der Waals surface area contributed by atoms with E-state index in [1.54, 1.807) is 12.1 Å². The Labute approximate surface area is 188 Å². The highest BCUT2D eigenvalue weighted by atomic mass is 19.1. The molecule has 0 spiro atoms. The number of rotatable bonds is 6. The third-order valence-electron chi connectivity index (χ3n) is 5.23. The van der Waals surface area contributed by atoms with E-state index in [1.165, 1.54) is 72.3 Å². The van der Waals surface area contributed by atoms with E-state index in [-0.39, 0.29) is 22.4 Å². The number of halogens is 1. The van der Waals surface area contributed by atoms with Crippen molar-refractivity contribution in [2.24, 2.45) is 5.73 Å². The minimum absolute atomic E-state index is 0.151. The monoisotopic (exact) mass is 446 g/mol. The summed E-state index contributed by atoms with van der Waals surface area (Å²) in [6, 6.07) is 17.5. The molecule has 0 aliphatic carbocycles. The van der Waals surface area contributed by atoms with E-state index < -0.39 is 29.1 Å². The summed E-state index contributed by atoms with van der Waals surface area (Å²) in [5, 5.41) is 21.6. The Kier molecular flexibility index (Phi) is 5.58. The number of hydrogen-bond acceptors (Lipinski definition) is 5. The van der Waals surface area contributed by atoms with Gasteiger partial charge in [-0.25, -0.2) is 4.39 Å². The Bertz CT molecular complexity index is 1340. The second-order valence-corrected chi connectivity index (χ2v) is 7.21. The van der Waals surface area contributed by atoms with Crippen LogP contribution in [0.2, 0.25) is 0 Å². The van der Waals surface area contributed by atoms with Crippen LogP contribution in [0.4, 0.5) is 4.39 Å². The Morgan fingerprint density at radius 1 is 0.879 bits per heavy atom. The summed E-state index contributed by atoms with van der Waals surface area (Å²) in [4.78, 5) is 24.8. The van der Waals surface area contributed by atoms with Gasteiger partial charge in [-0.05, 0) is 78.4 Å². The van der Waals surface area contributed by atoms with Crippen molar-refractivity contribution in [3.05, 3.63) is 95.3 Å². The molecule has 3 aromatic carbocycles. The Hall–Kier alpha value is -4.59. The van der Waals surface area contributed by atoms with E-state index in [2.05, 4.69) is 0 Å². The number of hydrogen-bond donors (Lipinski definition) is 3. The maximum atomic E-state index is 13.6. The molecule has 0 radical (unpaired) electrons. The summed E-state index contributed by atoms with van der Waals surface area (Å²) in [5.74, 6) is -2.34. The number of ether oxygens (including phenoxy) is 1. The molecule has 8 heteroatoms. The Morgan fingerprint density at radius 3 is 2.00 bits per heavy atom. The van der Waals surface area contributed by atoms with Gasteiger partial charge < -0.3 is 20.7 Å². The van der Waals surface area contributed by atoms with E-state index in [4.69, 9.17) is 10.5 Å². The highest BCUT2D eigenvalue weighted by Gasteiger charge is 2.30. The van der Waals surface area contributed by atoms with Crippen molar-refractivity contribution in [2.75, 3.05) is 7.11 Å². The molecule has 0 saturated carbocycles. The predicted molar refractivity (Wildman–Crippen MR) is 119 cm³/mol. The molecule has 33 heavy (non-hydrogen) atoms. The van der Waals surface area contributed by atoms with Crippen molar-refractivity contribution in [1.82, 2.24) is 4.57 Å². The highest BCUT2D eigenvalue weighted by molar-refractivity contribution is 6.15. The lowest BCUT2D eigenvalue weighted by Crippen LogP contribution is -2.10. The zero-order chi connectivity index (χ0) is 23.7. The van der Waals surface area contributed by atoms with Gasteiger partial charge in [-0.15, -0.1) is 0 Å². The predicted octanol–water partition coefficient (Wildman–Crippen LogP) is 4.03. The van der Waals surface area contributed by atoms with Gasteiger partial charge in [-0.3, -0.25) is 14.2 Å². The van der Waals surface area contributed by atoms with Crippen LogP contribution in [0.5, 0.6) is 17.4 Å². The van der Waals surface area contributed by atoms with Crippen molar-refractivity contribution in [3.63, 3.8) is 0 Å². The summed E-state index contributed by atoms with van der Waals surface area (Å²) in [5.41, 5.74) is 6.50. The van der Waals surface area contributed by atoms with Gasteiger partial charge in [-0.2, -0.15) is 0 Å². The number of primary amides is 1. The third-order valence-corrected chi connectivity index (χ3v) is 5.23. The van der Waals surface area contributed by atoms with Crippen LogP contribution in [-0.2, 0) is 0 Å². The molecule has 1 heterocycles. The van der Waals surface area contributed by atoms with E-state index in [1.807, 2.05) is 0 Å². The molecule has 0 atom stereocenters. The largest absolute Gasteiger partial charge is 0.503 e. The average molecular weight is 446 g/mol. The number of aromatic nitrogens is 1. The van der Waals surface area contributed by atoms with Gasteiger partial charge in [0.2, 0.25) is 11.8 Å². The molecular weight excluding hydrogens is 427 g/mol. The van der Waals surface area contributed by atoms with Crippen LogP contribution in [0.3, 0.4) is 0 Å². The Balaban J connectivity index is 1.96. The summed E-state index contributed by atoms with van der Waals surface area (Å²) in [7, 11) is 1.50. The molecule has 166 valence electrons. The number of methoxy groups -OCH3 is 1. The van der Waals surface area contributed by atoms with Crippen LogP contribution in [0.15, 0.2) is 72.8 Å². The fourth-order valence-corrected chi connectivity index (χ4v) is 3.56. The van der Waals surface area contributed by atoms with Crippen LogP contribution in [-0.4, -0.2) is 33.6 Å². The smallest absolute Gasteiger partial charge is 0.248 e. The molecule has 4 aromatic rings. The highest BCUT2D eigenvalue weighted by Crippen LogP contribution is 2.44. The second-order valence-electron chi connectivity index (χ2n) is 7.21. The first-order valence-electron chi connectivity index (χ1n) is 9.83. The second kappa shape index (κ2) is 8.51. The molecule has 4 N–H and O–H groups in total. The number of carbonyl (C=O) groups is 2. The van der Waals surface area contributed by atoms with Crippen molar-refractivity contribution in [1.29, 1.82) is 0 Å². The molecule has 0 unspecified atom stereocenters. The molecular formula is C25H19FN2O5. The van der Waals surface area contributed by atoms with E-state index in [9.17, 15) is 24.2 Å². The summed E-state index contributed by atoms with van der Waals surface area (Å²) < 4.78 is 20.0. The maximum Gasteiger partial charge on any atom is 0.248 e. The first-order chi connectivity index (χ1) is 15.8. The summed E-state index contributed by atoms with van der Waals surface area (Å²) >= 11 is 0. The topological polar surface area (TPSA) is 115 Å². The maximum absolute atomic E-state index is 13.6. The molecule has 4 rings (SSSR count). The zero-order valence-corrected chi connectivity index (χ0v) is 17.4. The number of nitrogens with two attached hydrogens (primary N) is 1. The van der Waals surface area contributed by atoms with E-state index >= 15 is 0 Å². The van der Waals surface area contributed by atoms with Crippen molar-refractivity contribution in [3.8, 4) is 34.3 Å². The van der Waals surface area contributed by atoms with Crippen molar-refractivity contribution >= 4 is 11.7 Å². The van der Waals surface area contributed by atoms with Gasteiger partial charge in [0.15, 0.2) is 11.5 Å². The molecule has 0 bridgehead atoms. The third kappa shape index (κ3) is 3.89. The quantitative estimate of drug-likeness (QED) is 0.387. The Morgan fingerprint density at radius 2 is 1.45 bits per heavy atom. The molecule has 0 aliphatic rings. The zero-order valence-electron chi connectivity index (χ0n) is 17.4. The van der Waals surface area contributed by atoms with Crippen molar-refractivity contribution in [2.45, 2.75) is 0 Å². The normalized spacial score (nSPS) is 10.7. The van der Waals surface area contributed by atoms with E-state index in [0.29, 0.717) is 17.0 Å². The number of carbonyl (C=O) groups excluding carboxylic acids is 2. The van der Waals surface area contributed by atoms with Crippen LogP contribution < -0.4 is 10.5 Å². The van der Waals surface area contributed by atoms with Gasteiger partial charge in [0.25, 0.3) is 0 Å². The first-order valence-corrected chi connectivity index (χ1v) is 9.83. The first kappa shape index (κ1) is 21.6. The van der Waals surface area contributed by atoms with Gasteiger partial charge in [0, 0.05) is 16.8 Å². The number of aromatic hydroxyl groups is 2. The fraction of sp³-hybridized carbons (Fsp3) is 0.0400. The molecule has 1 aromatic heterocycles. The number of benzene rings is 3.